The lowest BCUT2D eigenvalue weighted by molar-refractivity contribution is -0.116. The van der Waals surface area contributed by atoms with Crippen molar-refractivity contribution in [2.24, 2.45) is 0 Å². The molecule has 2 aromatic carbocycles. The van der Waals surface area contributed by atoms with Crippen molar-refractivity contribution in [1.29, 1.82) is 0 Å². The number of sulfone groups is 1. The fourth-order valence-corrected chi connectivity index (χ4v) is 7.86. The third kappa shape index (κ3) is 11.7. The number of amides is 1. The number of nitrogens with one attached hydrogen (secondary N) is 1. The zero-order valence-corrected chi connectivity index (χ0v) is 34.1. The molecule has 0 saturated heterocycles. The molecule has 0 atom stereocenters. The van der Waals surface area contributed by atoms with Crippen molar-refractivity contribution >= 4 is 39.0 Å². The van der Waals surface area contributed by atoms with Crippen LogP contribution in [0.1, 0.15) is 77.5 Å². The predicted molar refractivity (Wildman–Crippen MR) is 226 cm³/mol. The van der Waals surface area contributed by atoms with Gasteiger partial charge in [-0.3, -0.25) is 24.1 Å². The third-order valence-electron chi connectivity index (χ3n) is 8.78. The van der Waals surface area contributed by atoms with E-state index in [2.05, 4.69) is 75.5 Å². The molecule has 0 bridgehead atoms. The molecule has 57 heavy (non-hydrogen) atoms. The van der Waals surface area contributed by atoms with Crippen molar-refractivity contribution in [3.63, 3.8) is 0 Å². The van der Waals surface area contributed by atoms with Gasteiger partial charge >= 0.3 is 0 Å². The lowest BCUT2D eigenvalue weighted by Crippen LogP contribution is -2.25. The molecule has 6 rings (SSSR count). The molecule has 0 aliphatic rings. The number of hydrogen-bond acceptors (Lipinski definition) is 11. The summed E-state index contributed by atoms with van der Waals surface area (Å²) >= 11 is 1.44. The number of ketones is 1. The topological polar surface area (TPSA) is 168 Å². The summed E-state index contributed by atoms with van der Waals surface area (Å²) < 4.78 is 29.1. The molecule has 0 saturated carbocycles. The lowest BCUT2D eigenvalue weighted by atomic mass is 10.0. The first-order valence-electron chi connectivity index (χ1n) is 18.4. The summed E-state index contributed by atoms with van der Waals surface area (Å²) in [6.45, 7) is 13.4. The molecular weight excluding hydrogens is 759 g/mol. The van der Waals surface area contributed by atoms with Gasteiger partial charge in [-0.2, -0.15) is 0 Å². The van der Waals surface area contributed by atoms with Crippen molar-refractivity contribution < 1.29 is 18.0 Å². The summed E-state index contributed by atoms with van der Waals surface area (Å²) in [6.07, 6.45) is 7.15. The Hall–Kier alpha value is -5.54. The van der Waals surface area contributed by atoms with E-state index in [0.29, 0.717) is 47.6 Å². The molecular formula is C42H51N9O4S2. The molecule has 15 heteroatoms. The van der Waals surface area contributed by atoms with Crippen LogP contribution in [0.5, 0.6) is 0 Å². The Balaban J connectivity index is 0.000000249. The summed E-state index contributed by atoms with van der Waals surface area (Å²) in [5.74, 6) is 1.27. The van der Waals surface area contributed by atoms with Crippen LogP contribution in [-0.2, 0) is 38.9 Å². The number of pyridine rings is 2. The second kappa shape index (κ2) is 20.6. The number of carbonyl (C=O) groups excluding carboxylic acids is 2. The van der Waals surface area contributed by atoms with E-state index in [4.69, 9.17) is 0 Å². The molecule has 0 spiro atoms. The van der Waals surface area contributed by atoms with E-state index in [1.165, 1.54) is 21.9 Å². The molecule has 4 aromatic heterocycles. The molecule has 1 N–H and O–H groups in total. The maximum atomic E-state index is 12.8. The van der Waals surface area contributed by atoms with Gasteiger partial charge in [0.2, 0.25) is 15.7 Å². The second-order valence-corrected chi connectivity index (χ2v) is 16.4. The molecule has 13 nitrogen and oxygen atoms in total. The van der Waals surface area contributed by atoms with E-state index in [1.807, 2.05) is 47.9 Å². The van der Waals surface area contributed by atoms with E-state index in [9.17, 15) is 18.0 Å². The third-order valence-corrected chi connectivity index (χ3v) is 11.3. The van der Waals surface area contributed by atoms with Crippen LogP contribution < -0.4 is 5.32 Å². The van der Waals surface area contributed by atoms with Crippen molar-refractivity contribution in [1.82, 2.24) is 39.5 Å². The molecule has 300 valence electrons. The highest BCUT2D eigenvalue weighted by molar-refractivity contribution is 7.99. The Morgan fingerprint density at radius 3 is 1.75 bits per heavy atom. The normalized spacial score (nSPS) is 11.2. The van der Waals surface area contributed by atoms with Gasteiger partial charge in [0.05, 0.1) is 5.75 Å². The first kappa shape index (κ1) is 44.2. The van der Waals surface area contributed by atoms with Gasteiger partial charge in [-0.1, -0.05) is 83.3 Å². The summed E-state index contributed by atoms with van der Waals surface area (Å²) in [5.41, 5.74) is 5.60. The van der Waals surface area contributed by atoms with Crippen LogP contribution in [0.2, 0.25) is 0 Å². The fraction of sp³-hybridized carbons (Fsp3) is 0.333. The number of nitrogens with zero attached hydrogens (tertiary/aromatic N) is 8. The number of carbonyl (C=O) groups is 2. The van der Waals surface area contributed by atoms with E-state index < -0.39 is 21.5 Å². The van der Waals surface area contributed by atoms with Crippen molar-refractivity contribution in [2.75, 3.05) is 16.8 Å². The summed E-state index contributed by atoms with van der Waals surface area (Å²) in [7, 11) is -3.97. The quantitative estimate of drug-likeness (QED) is 0.100. The minimum absolute atomic E-state index is 0. The zero-order valence-electron chi connectivity index (χ0n) is 32.5. The maximum absolute atomic E-state index is 12.8. The van der Waals surface area contributed by atoms with Crippen molar-refractivity contribution in [3.8, 4) is 22.8 Å². The van der Waals surface area contributed by atoms with Crippen LogP contribution >= 0.6 is 11.8 Å². The van der Waals surface area contributed by atoms with E-state index in [1.54, 1.807) is 56.0 Å². The predicted octanol–water partition coefficient (Wildman–Crippen LogP) is 7.92. The van der Waals surface area contributed by atoms with Crippen LogP contribution in [0, 0.1) is 0 Å². The van der Waals surface area contributed by atoms with Crippen LogP contribution in [0.25, 0.3) is 22.8 Å². The second-order valence-electron chi connectivity index (χ2n) is 13.6. The molecule has 0 unspecified atom stereocenters. The summed E-state index contributed by atoms with van der Waals surface area (Å²) in [6, 6.07) is 23.0. The Morgan fingerprint density at radius 2 is 1.25 bits per heavy atom. The molecule has 1 amide bonds. The average Bonchev–Trinajstić information content (AvgIpc) is 3.83. The monoisotopic (exact) mass is 809 g/mol. The molecule has 6 aromatic rings. The van der Waals surface area contributed by atoms with E-state index >= 15 is 0 Å². The molecule has 0 aliphatic carbocycles. The van der Waals surface area contributed by atoms with Crippen LogP contribution in [-0.4, -0.2) is 71.1 Å². The SMILES string of the molecule is C.CCn1c(-c2cccnc2)nnc1S(=O)(=O)CC(=O)Nc1ccc(C(C)C)cc1.CCn1c(SCC(=O)Cc2ccc(C(C)C)cc2)nnc1-c1cccnc1. The smallest absolute Gasteiger partial charge is 0.250 e. The van der Waals surface area contributed by atoms with Gasteiger partial charge in [-0.05, 0) is 78.8 Å². The number of aromatic nitrogens is 8. The minimum atomic E-state index is -3.97. The van der Waals surface area contributed by atoms with Gasteiger partial charge in [0.25, 0.3) is 5.16 Å². The van der Waals surface area contributed by atoms with Crippen molar-refractivity contribution in [3.05, 3.63) is 114 Å². The van der Waals surface area contributed by atoms with Gasteiger partial charge < -0.3 is 9.88 Å². The average molecular weight is 810 g/mol. The van der Waals surface area contributed by atoms with Gasteiger partial charge in [-0.15, -0.1) is 20.4 Å². The standard InChI is InChI=1S/C21H24N4OS.C20H23N5O3S.CH4/c1-4-25-20(18-6-5-11-22-13-18)23-24-21(25)27-14-19(26)12-16-7-9-17(10-8-16)15(2)3;1-4-25-19(16-6-5-11-21-12-16)23-24-20(25)29(27,28)13-18(26)22-17-9-7-15(8-10-17)14(2)3;/h5-11,13,15H,4,12,14H2,1-3H3;5-12,14H,4,13H2,1-3H3,(H,22,26);1H4. The Labute approximate surface area is 339 Å². The number of thioether (sulfide) groups is 1. The first-order valence-corrected chi connectivity index (χ1v) is 21.1. The largest absolute Gasteiger partial charge is 0.325 e. The molecule has 0 fully saturated rings. The number of anilines is 1. The highest BCUT2D eigenvalue weighted by Gasteiger charge is 2.28. The fourth-order valence-electron chi connectivity index (χ4n) is 5.73. The Kier molecular flexibility index (Phi) is 15.9. The van der Waals surface area contributed by atoms with Gasteiger partial charge in [-0.25, -0.2) is 8.42 Å². The number of hydrogen-bond donors (Lipinski definition) is 1. The zero-order chi connectivity index (χ0) is 40.2. The van der Waals surface area contributed by atoms with Gasteiger partial charge in [0.15, 0.2) is 16.8 Å². The lowest BCUT2D eigenvalue weighted by Gasteiger charge is -2.10. The molecule has 0 radical (unpaired) electrons. The summed E-state index contributed by atoms with van der Waals surface area (Å²) in [5, 5.41) is 19.6. The number of Topliss-reactive ketones (excluding diaryl/α,β-unsaturated/α-hetero) is 1. The Bertz CT molecular complexity index is 2310. The van der Waals surface area contributed by atoms with E-state index in [0.717, 1.165) is 34.2 Å². The maximum Gasteiger partial charge on any atom is 0.250 e. The number of benzene rings is 2. The van der Waals surface area contributed by atoms with Gasteiger partial charge in [0, 0.05) is 61.1 Å². The molecule has 0 aliphatic heterocycles. The number of rotatable bonds is 15. The highest BCUT2D eigenvalue weighted by atomic mass is 32.2. The van der Waals surface area contributed by atoms with Gasteiger partial charge in [0.1, 0.15) is 11.5 Å². The van der Waals surface area contributed by atoms with E-state index in [-0.39, 0.29) is 18.4 Å². The minimum Gasteiger partial charge on any atom is -0.325 e. The summed E-state index contributed by atoms with van der Waals surface area (Å²) in [4.78, 5) is 32.9. The first-order chi connectivity index (χ1) is 26.9. The van der Waals surface area contributed by atoms with Crippen LogP contribution in [0.15, 0.2) is 108 Å². The van der Waals surface area contributed by atoms with Crippen LogP contribution in [0.3, 0.4) is 0 Å². The van der Waals surface area contributed by atoms with Crippen LogP contribution in [0.4, 0.5) is 5.69 Å². The molecule has 4 heterocycles. The van der Waals surface area contributed by atoms with Crippen molar-refractivity contribution in [2.45, 2.75) is 90.6 Å². The Morgan fingerprint density at radius 1 is 0.719 bits per heavy atom. The highest BCUT2D eigenvalue weighted by Crippen LogP contribution is 2.25.